The van der Waals surface area contributed by atoms with Crippen LogP contribution < -0.4 is 0 Å². The fraction of sp³-hybridized carbons (Fsp3) is 0.750. The van der Waals surface area contributed by atoms with Crippen LogP contribution >= 0.6 is 11.3 Å². The van der Waals surface area contributed by atoms with E-state index in [1.54, 1.807) is 7.11 Å². The van der Waals surface area contributed by atoms with Crippen molar-refractivity contribution in [1.29, 1.82) is 0 Å². The molecule has 1 aromatic heterocycles. The van der Waals surface area contributed by atoms with Gasteiger partial charge in [0.25, 0.3) is 0 Å². The van der Waals surface area contributed by atoms with Gasteiger partial charge in [0.1, 0.15) is 0 Å². The van der Waals surface area contributed by atoms with Gasteiger partial charge in [0.05, 0.1) is 17.3 Å². The number of aromatic nitrogens is 1. The molecule has 2 aliphatic carbocycles. The van der Waals surface area contributed by atoms with Gasteiger partial charge in [-0.05, 0) is 31.1 Å². The summed E-state index contributed by atoms with van der Waals surface area (Å²) in [6.45, 7) is 0.664. The summed E-state index contributed by atoms with van der Waals surface area (Å²) in [7, 11) is 1.73. The van der Waals surface area contributed by atoms with Crippen molar-refractivity contribution >= 4 is 11.3 Å². The molecule has 0 saturated heterocycles. The minimum absolute atomic E-state index is 0.664. The van der Waals surface area contributed by atoms with E-state index in [0.717, 1.165) is 23.4 Å². The fourth-order valence-corrected chi connectivity index (χ4v) is 4.27. The Balaban J connectivity index is 1.75. The highest BCUT2D eigenvalue weighted by Gasteiger charge is 2.41. The Labute approximate surface area is 94.7 Å². The molecule has 2 saturated carbocycles. The molecule has 3 heteroatoms. The van der Waals surface area contributed by atoms with E-state index >= 15 is 0 Å². The lowest BCUT2D eigenvalue weighted by Crippen LogP contribution is -2.08. The van der Waals surface area contributed by atoms with Gasteiger partial charge in [0, 0.05) is 18.4 Å². The Morgan fingerprint density at radius 3 is 3.07 bits per heavy atom. The number of nitrogens with zero attached hydrogens (tertiary/aromatic N) is 1. The van der Waals surface area contributed by atoms with Crippen molar-refractivity contribution in [1.82, 2.24) is 4.98 Å². The Hall–Kier alpha value is -0.410. The summed E-state index contributed by atoms with van der Waals surface area (Å²) in [6.07, 6.45) is 5.76. The molecule has 2 bridgehead atoms. The molecular weight excluding hydrogens is 206 g/mol. The van der Waals surface area contributed by atoms with Crippen molar-refractivity contribution in [2.24, 2.45) is 11.8 Å². The zero-order chi connectivity index (χ0) is 10.3. The van der Waals surface area contributed by atoms with Crippen LogP contribution in [0.25, 0.3) is 0 Å². The number of rotatable bonds is 3. The standard InChI is InChI=1S/C12H17NOS/c1-14-6-10-7-15-12(13-10)11-5-8-2-3-9(11)4-8/h7-9,11H,2-6H2,1H3. The third-order valence-corrected chi connectivity index (χ3v) is 4.94. The second-order valence-corrected chi connectivity index (χ2v) is 5.78. The number of fused-ring (bicyclic) bond motifs is 2. The SMILES string of the molecule is COCc1csc(C2CC3CCC2C3)n1. The lowest BCUT2D eigenvalue weighted by atomic mass is 9.89. The minimum Gasteiger partial charge on any atom is -0.378 e. The van der Waals surface area contributed by atoms with Gasteiger partial charge >= 0.3 is 0 Å². The average molecular weight is 223 g/mol. The zero-order valence-electron chi connectivity index (χ0n) is 9.11. The van der Waals surface area contributed by atoms with E-state index in [-0.39, 0.29) is 0 Å². The molecule has 1 aromatic rings. The van der Waals surface area contributed by atoms with Crippen LogP contribution in [-0.4, -0.2) is 12.1 Å². The normalized spacial score (nSPS) is 33.8. The smallest absolute Gasteiger partial charge is 0.0963 e. The number of hydrogen-bond donors (Lipinski definition) is 0. The van der Waals surface area contributed by atoms with Crippen LogP contribution in [0.5, 0.6) is 0 Å². The van der Waals surface area contributed by atoms with Crippen LogP contribution in [0.3, 0.4) is 0 Å². The quantitative estimate of drug-likeness (QED) is 0.785. The van der Waals surface area contributed by atoms with Crippen molar-refractivity contribution in [3.63, 3.8) is 0 Å². The van der Waals surface area contributed by atoms with Crippen LogP contribution in [0.15, 0.2) is 5.38 Å². The van der Waals surface area contributed by atoms with Gasteiger partial charge in [-0.15, -0.1) is 11.3 Å². The number of hydrogen-bond acceptors (Lipinski definition) is 3. The molecular formula is C12H17NOS. The first-order chi connectivity index (χ1) is 7.36. The Morgan fingerprint density at radius 1 is 1.47 bits per heavy atom. The Morgan fingerprint density at radius 2 is 2.40 bits per heavy atom. The summed E-state index contributed by atoms with van der Waals surface area (Å²) in [5, 5.41) is 3.53. The topological polar surface area (TPSA) is 22.1 Å². The molecule has 0 N–H and O–H groups in total. The van der Waals surface area contributed by atoms with Crippen LogP contribution in [0.2, 0.25) is 0 Å². The van der Waals surface area contributed by atoms with E-state index in [2.05, 4.69) is 5.38 Å². The summed E-state index contributed by atoms with van der Waals surface area (Å²) in [5.41, 5.74) is 1.11. The molecule has 0 aromatic carbocycles. The summed E-state index contributed by atoms with van der Waals surface area (Å²) < 4.78 is 5.11. The summed E-state index contributed by atoms with van der Waals surface area (Å²) in [5.74, 6) is 2.73. The molecule has 2 aliphatic rings. The largest absolute Gasteiger partial charge is 0.378 e. The first-order valence-electron chi connectivity index (χ1n) is 5.80. The summed E-state index contributed by atoms with van der Waals surface area (Å²) >= 11 is 1.84. The molecule has 3 rings (SSSR count). The lowest BCUT2D eigenvalue weighted by molar-refractivity contribution is 0.181. The lowest BCUT2D eigenvalue weighted by Gasteiger charge is -2.18. The van der Waals surface area contributed by atoms with Gasteiger partial charge in [-0.3, -0.25) is 0 Å². The van der Waals surface area contributed by atoms with E-state index in [1.807, 2.05) is 11.3 Å². The molecule has 0 spiro atoms. The maximum absolute atomic E-state index is 5.11. The van der Waals surface area contributed by atoms with Gasteiger partial charge in [-0.2, -0.15) is 0 Å². The predicted molar refractivity (Wildman–Crippen MR) is 61.0 cm³/mol. The average Bonchev–Trinajstić information content (AvgIpc) is 2.91. The van der Waals surface area contributed by atoms with Crippen molar-refractivity contribution < 1.29 is 4.74 Å². The molecule has 1 heterocycles. The second-order valence-electron chi connectivity index (χ2n) is 4.89. The molecule has 2 nitrogen and oxygen atoms in total. The predicted octanol–water partition coefficient (Wildman–Crippen LogP) is 3.19. The maximum atomic E-state index is 5.11. The number of thiazole rings is 1. The van der Waals surface area contributed by atoms with E-state index < -0.39 is 0 Å². The van der Waals surface area contributed by atoms with Crippen molar-refractivity contribution in [3.05, 3.63) is 16.1 Å². The van der Waals surface area contributed by atoms with Gasteiger partial charge in [0.2, 0.25) is 0 Å². The third-order valence-electron chi connectivity index (χ3n) is 3.92. The van der Waals surface area contributed by atoms with Gasteiger partial charge in [-0.1, -0.05) is 6.42 Å². The van der Waals surface area contributed by atoms with Crippen LogP contribution in [0, 0.1) is 11.8 Å². The maximum Gasteiger partial charge on any atom is 0.0963 e. The molecule has 0 amide bonds. The molecule has 3 atom stereocenters. The Bertz CT molecular complexity index is 349. The highest BCUT2D eigenvalue weighted by Crippen LogP contribution is 2.53. The summed E-state index contributed by atoms with van der Waals surface area (Å²) in [4.78, 5) is 4.69. The highest BCUT2D eigenvalue weighted by molar-refractivity contribution is 7.09. The van der Waals surface area contributed by atoms with E-state index in [1.165, 1.54) is 30.7 Å². The van der Waals surface area contributed by atoms with Crippen molar-refractivity contribution in [2.75, 3.05) is 7.11 Å². The first-order valence-corrected chi connectivity index (χ1v) is 6.68. The van der Waals surface area contributed by atoms with E-state index in [0.29, 0.717) is 6.61 Å². The summed E-state index contributed by atoms with van der Waals surface area (Å²) in [6, 6.07) is 0. The van der Waals surface area contributed by atoms with Crippen LogP contribution in [0.4, 0.5) is 0 Å². The van der Waals surface area contributed by atoms with Gasteiger partial charge in [-0.25, -0.2) is 4.98 Å². The molecule has 0 aliphatic heterocycles. The van der Waals surface area contributed by atoms with Crippen molar-refractivity contribution in [3.8, 4) is 0 Å². The fourth-order valence-electron chi connectivity index (χ4n) is 3.25. The van der Waals surface area contributed by atoms with Gasteiger partial charge < -0.3 is 4.74 Å². The monoisotopic (exact) mass is 223 g/mol. The van der Waals surface area contributed by atoms with Gasteiger partial charge in [0.15, 0.2) is 0 Å². The number of methoxy groups -OCH3 is 1. The van der Waals surface area contributed by atoms with Crippen LogP contribution in [-0.2, 0) is 11.3 Å². The second kappa shape index (κ2) is 3.87. The molecule has 82 valence electrons. The molecule has 2 fully saturated rings. The third kappa shape index (κ3) is 1.72. The molecule has 3 unspecified atom stereocenters. The number of ether oxygens (including phenoxy) is 1. The molecule has 15 heavy (non-hydrogen) atoms. The zero-order valence-corrected chi connectivity index (χ0v) is 9.93. The first kappa shape index (κ1) is 9.79. The minimum atomic E-state index is 0.664. The van der Waals surface area contributed by atoms with E-state index in [4.69, 9.17) is 9.72 Å². The van der Waals surface area contributed by atoms with Crippen molar-refractivity contribution in [2.45, 2.75) is 38.2 Å². The molecule has 0 radical (unpaired) electrons. The highest BCUT2D eigenvalue weighted by atomic mass is 32.1. The Kier molecular flexibility index (Phi) is 2.53. The van der Waals surface area contributed by atoms with E-state index in [9.17, 15) is 0 Å². The van der Waals surface area contributed by atoms with Crippen LogP contribution in [0.1, 0.15) is 42.3 Å².